The van der Waals surface area contributed by atoms with Gasteiger partial charge in [-0.1, -0.05) is 32.6 Å². The van der Waals surface area contributed by atoms with Crippen LogP contribution in [-0.4, -0.2) is 12.5 Å². The second-order valence-corrected chi connectivity index (χ2v) is 4.29. The van der Waals surface area contributed by atoms with Crippen molar-refractivity contribution in [3.63, 3.8) is 0 Å². The molecule has 1 aliphatic rings. The zero-order valence-corrected chi connectivity index (χ0v) is 8.81. The lowest BCUT2D eigenvalue weighted by Crippen LogP contribution is -2.26. The first-order valence-electron chi connectivity index (χ1n) is 5.44. The summed E-state index contributed by atoms with van der Waals surface area (Å²) in [6, 6.07) is 0. The van der Waals surface area contributed by atoms with E-state index in [2.05, 4.69) is 12.2 Å². The number of hydrogen-bond acceptors (Lipinski definition) is 1. The van der Waals surface area contributed by atoms with Gasteiger partial charge in [0.2, 0.25) is 5.91 Å². The predicted molar refractivity (Wildman–Crippen MR) is 54.4 cm³/mol. The van der Waals surface area contributed by atoms with Gasteiger partial charge in [0.15, 0.2) is 0 Å². The van der Waals surface area contributed by atoms with Crippen LogP contribution in [0.15, 0.2) is 0 Å². The Morgan fingerprint density at radius 1 is 1.38 bits per heavy atom. The lowest BCUT2D eigenvalue weighted by atomic mass is 9.79. The summed E-state index contributed by atoms with van der Waals surface area (Å²) in [5.74, 6) is 1.81. The molecule has 1 rings (SSSR count). The number of rotatable bonds is 3. The molecule has 1 amide bonds. The molecule has 0 radical (unpaired) electrons. The minimum Gasteiger partial charge on any atom is -0.356 e. The lowest BCUT2D eigenvalue weighted by Gasteiger charge is -2.28. The second kappa shape index (κ2) is 5.25. The van der Waals surface area contributed by atoms with E-state index < -0.39 is 0 Å². The van der Waals surface area contributed by atoms with E-state index in [1.165, 1.54) is 32.1 Å². The number of carbonyl (C=O) groups is 1. The molecule has 2 unspecified atom stereocenters. The van der Waals surface area contributed by atoms with E-state index in [4.69, 9.17) is 0 Å². The van der Waals surface area contributed by atoms with Crippen molar-refractivity contribution in [1.82, 2.24) is 5.32 Å². The fourth-order valence-corrected chi connectivity index (χ4v) is 2.26. The highest BCUT2D eigenvalue weighted by Gasteiger charge is 2.20. The molecular formula is C11H21NO. The average Bonchev–Trinajstić information content (AvgIpc) is 2.08. The van der Waals surface area contributed by atoms with Crippen molar-refractivity contribution in [3.05, 3.63) is 0 Å². The van der Waals surface area contributed by atoms with Crippen LogP contribution in [0.5, 0.6) is 0 Å². The largest absolute Gasteiger partial charge is 0.356 e. The Hall–Kier alpha value is -0.530. The van der Waals surface area contributed by atoms with E-state index in [1.807, 2.05) is 0 Å². The molecule has 0 bridgehead atoms. The molecule has 1 saturated carbocycles. The third kappa shape index (κ3) is 3.79. The number of nitrogens with one attached hydrogen (secondary N) is 1. The zero-order chi connectivity index (χ0) is 9.68. The second-order valence-electron chi connectivity index (χ2n) is 4.29. The SMILES string of the molecule is CC(=O)NCCC1CCCCC1C. The van der Waals surface area contributed by atoms with Gasteiger partial charge in [0.25, 0.3) is 0 Å². The van der Waals surface area contributed by atoms with E-state index in [0.29, 0.717) is 0 Å². The Kier molecular flexibility index (Phi) is 4.26. The van der Waals surface area contributed by atoms with Crippen LogP contribution >= 0.6 is 0 Å². The van der Waals surface area contributed by atoms with Gasteiger partial charge in [-0.2, -0.15) is 0 Å². The standard InChI is InChI=1S/C11H21NO/c1-9-5-3-4-6-11(9)7-8-12-10(2)13/h9,11H,3-8H2,1-2H3,(H,12,13). The van der Waals surface area contributed by atoms with Crippen LogP contribution in [0.4, 0.5) is 0 Å². The molecule has 1 N–H and O–H groups in total. The quantitative estimate of drug-likeness (QED) is 0.715. The average molecular weight is 183 g/mol. The highest BCUT2D eigenvalue weighted by Crippen LogP contribution is 2.31. The molecule has 1 fully saturated rings. The summed E-state index contributed by atoms with van der Waals surface area (Å²) in [6.07, 6.45) is 6.69. The molecule has 13 heavy (non-hydrogen) atoms. The molecule has 76 valence electrons. The number of amides is 1. The first kappa shape index (κ1) is 10.6. The molecule has 2 atom stereocenters. The van der Waals surface area contributed by atoms with Gasteiger partial charge in [-0.25, -0.2) is 0 Å². The van der Waals surface area contributed by atoms with Gasteiger partial charge in [-0.3, -0.25) is 4.79 Å². The lowest BCUT2D eigenvalue weighted by molar-refractivity contribution is -0.119. The molecule has 2 nitrogen and oxygen atoms in total. The Labute approximate surface area is 81.1 Å². The minimum atomic E-state index is 0.100. The van der Waals surface area contributed by atoms with E-state index >= 15 is 0 Å². The summed E-state index contributed by atoms with van der Waals surface area (Å²) in [4.78, 5) is 10.7. The highest BCUT2D eigenvalue weighted by atomic mass is 16.1. The fourth-order valence-electron chi connectivity index (χ4n) is 2.26. The van der Waals surface area contributed by atoms with Crippen molar-refractivity contribution in [3.8, 4) is 0 Å². The Balaban J connectivity index is 2.15. The van der Waals surface area contributed by atoms with Crippen molar-refractivity contribution in [2.24, 2.45) is 11.8 Å². The van der Waals surface area contributed by atoms with Gasteiger partial charge in [-0.05, 0) is 18.3 Å². The molecule has 0 heterocycles. The smallest absolute Gasteiger partial charge is 0.216 e. The summed E-state index contributed by atoms with van der Waals surface area (Å²) in [7, 11) is 0. The van der Waals surface area contributed by atoms with Crippen LogP contribution in [0, 0.1) is 11.8 Å². The Morgan fingerprint density at radius 2 is 2.08 bits per heavy atom. The van der Waals surface area contributed by atoms with E-state index in [0.717, 1.165) is 18.4 Å². The first-order chi connectivity index (χ1) is 6.20. The fraction of sp³-hybridized carbons (Fsp3) is 0.909. The van der Waals surface area contributed by atoms with Gasteiger partial charge in [0, 0.05) is 13.5 Å². The van der Waals surface area contributed by atoms with Crippen LogP contribution in [-0.2, 0) is 4.79 Å². The molecule has 0 aliphatic heterocycles. The zero-order valence-electron chi connectivity index (χ0n) is 8.81. The van der Waals surface area contributed by atoms with Gasteiger partial charge >= 0.3 is 0 Å². The maximum Gasteiger partial charge on any atom is 0.216 e. The maximum atomic E-state index is 10.7. The van der Waals surface area contributed by atoms with Crippen molar-refractivity contribution in [2.45, 2.75) is 46.0 Å². The topological polar surface area (TPSA) is 29.1 Å². The van der Waals surface area contributed by atoms with Crippen molar-refractivity contribution < 1.29 is 4.79 Å². The molecule has 0 aromatic rings. The summed E-state index contributed by atoms with van der Waals surface area (Å²) < 4.78 is 0. The molecule has 1 aliphatic carbocycles. The Morgan fingerprint density at radius 3 is 2.69 bits per heavy atom. The van der Waals surface area contributed by atoms with Crippen LogP contribution in [0.1, 0.15) is 46.0 Å². The monoisotopic (exact) mass is 183 g/mol. The van der Waals surface area contributed by atoms with Crippen LogP contribution in [0.3, 0.4) is 0 Å². The molecule has 0 aromatic heterocycles. The third-order valence-electron chi connectivity index (χ3n) is 3.18. The molecular weight excluding hydrogens is 162 g/mol. The molecule has 0 aromatic carbocycles. The minimum absolute atomic E-state index is 0.100. The van der Waals surface area contributed by atoms with E-state index in [-0.39, 0.29) is 5.91 Å². The van der Waals surface area contributed by atoms with Gasteiger partial charge in [0.05, 0.1) is 0 Å². The van der Waals surface area contributed by atoms with E-state index in [9.17, 15) is 4.79 Å². The van der Waals surface area contributed by atoms with E-state index in [1.54, 1.807) is 6.92 Å². The summed E-state index contributed by atoms with van der Waals surface area (Å²) >= 11 is 0. The molecule has 0 spiro atoms. The van der Waals surface area contributed by atoms with Crippen molar-refractivity contribution in [1.29, 1.82) is 0 Å². The van der Waals surface area contributed by atoms with Crippen LogP contribution < -0.4 is 5.32 Å². The highest BCUT2D eigenvalue weighted by molar-refractivity contribution is 5.72. The first-order valence-corrected chi connectivity index (χ1v) is 5.44. The molecule has 2 heteroatoms. The number of carbonyl (C=O) groups excluding carboxylic acids is 1. The van der Waals surface area contributed by atoms with Crippen LogP contribution in [0.2, 0.25) is 0 Å². The van der Waals surface area contributed by atoms with Gasteiger partial charge < -0.3 is 5.32 Å². The molecule has 0 saturated heterocycles. The number of hydrogen-bond donors (Lipinski definition) is 1. The van der Waals surface area contributed by atoms with Crippen LogP contribution in [0.25, 0.3) is 0 Å². The Bertz CT molecular complexity index is 167. The normalized spacial score (nSPS) is 28.5. The maximum absolute atomic E-state index is 10.7. The van der Waals surface area contributed by atoms with Gasteiger partial charge in [-0.15, -0.1) is 0 Å². The van der Waals surface area contributed by atoms with Gasteiger partial charge in [0.1, 0.15) is 0 Å². The summed E-state index contributed by atoms with van der Waals surface area (Å²) in [5.41, 5.74) is 0. The third-order valence-corrected chi connectivity index (χ3v) is 3.18. The van der Waals surface area contributed by atoms with Crippen molar-refractivity contribution in [2.75, 3.05) is 6.54 Å². The summed E-state index contributed by atoms with van der Waals surface area (Å²) in [6.45, 7) is 4.80. The predicted octanol–water partition coefficient (Wildman–Crippen LogP) is 2.34. The summed E-state index contributed by atoms with van der Waals surface area (Å²) in [5, 5.41) is 2.87. The van der Waals surface area contributed by atoms with Crippen molar-refractivity contribution >= 4 is 5.91 Å².